The monoisotopic (exact) mass is 329 g/mol. The number of halogens is 1. The van der Waals surface area contributed by atoms with Crippen LogP contribution in [0.3, 0.4) is 0 Å². The average Bonchev–Trinajstić information content (AvgIpc) is 2.79. The number of hydrogen-bond donors (Lipinski definition) is 1. The number of benzene rings is 1. The summed E-state index contributed by atoms with van der Waals surface area (Å²) in [6.45, 7) is 3.59. The molecule has 0 unspecified atom stereocenters. The molecule has 21 heavy (non-hydrogen) atoms. The van der Waals surface area contributed by atoms with Gasteiger partial charge in [-0.2, -0.15) is 4.31 Å². The number of nitrogens with two attached hydrogens (primary N) is 1. The predicted molar refractivity (Wildman–Crippen MR) is 80.5 cm³/mol. The maximum Gasteiger partial charge on any atom is 0.244 e. The van der Waals surface area contributed by atoms with Crippen LogP contribution in [0.5, 0.6) is 0 Å². The molecule has 0 saturated heterocycles. The summed E-state index contributed by atoms with van der Waals surface area (Å²) in [7, 11) is -2.31. The van der Waals surface area contributed by atoms with Crippen LogP contribution < -0.4 is 5.73 Å². The van der Waals surface area contributed by atoms with Crippen molar-refractivity contribution in [3.63, 3.8) is 0 Å². The number of aromatic nitrogens is 1. The van der Waals surface area contributed by atoms with Crippen LogP contribution in [0.1, 0.15) is 17.0 Å². The van der Waals surface area contributed by atoms with Crippen molar-refractivity contribution < 1.29 is 12.9 Å². The summed E-state index contributed by atoms with van der Waals surface area (Å²) in [6, 6.07) is 4.59. The smallest absolute Gasteiger partial charge is 0.244 e. The second kappa shape index (κ2) is 5.67. The second-order valence-corrected chi connectivity index (χ2v) is 7.25. The van der Waals surface area contributed by atoms with Gasteiger partial charge in [-0.05, 0) is 31.5 Å². The number of rotatable bonds is 4. The lowest BCUT2D eigenvalue weighted by atomic mass is 10.2. The molecule has 2 aromatic rings. The molecule has 1 aromatic carbocycles. The highest BCUT2D eigenvalue weighted by Crippen LogP contribution is 2.29. The molecule has 6 nitrogen and oxygen atoms in total. The Balaban J connectivity index is 2.35. The molecule has 0 spiro atoms. The average molecular weight is 330 g/mol. The zero-order valence-corrected chi connectivity index (χ0v) is 13.5. The van der Waals surface area contributed by atoms with Gasteiger partial charge in [0.05, 0.1) is 17.3 Å². The lowest BCUT2D eigenvalue weighted by Gasteiger charge is -2.17. The van der Waals surface area contributed by atoms with E-state index in [1.165, 1.54) is 19.2 Å². The van der Waals surface area contributed by atoms with Crippen molar-refractivity contribution in [1.82, 2.24) is 9.46 Å². The van der Waals surface area contributed by atoms with E-state index in [-0.39, 0.29) is 16.5 Å². The number of nitrogen functional groups attached to an aromatic ring is 1. The lowest BCUT2D eigenvalue weighted by Crippen LogP contribution is -2.27. The molecule has 0 aliphatic rings. The highest BCUT2D eigenvalue weighted by molar-refractivity contribution is 7.89. The molecular formula is C13H16ClN3O3S. The zero-order chi connectivity index (χ0) is 15.8. The van der Waals surface area contributed by atoms with E-state index in [9.17, 15) is 8.42 Å². The number of hydrogen-bond acceptors (Lipinski definition) is 5. The Kier molecular flexibility index (Phi) is 4.27. The van der Waals surface area contributed by atoms with Crippen LogP contribution in [0, 0.1) is 13.8 Å². The minimum atomic E-state index is -3.76. The molecule has 0 fully saturated rings. The fourth-order valence-corrected chi connectivity index (χ4v) is 3.57. The van der Waals surface area contributed by atoms with E-state index in [0.717, 1.165) is 9.87 Å². The van der Waals surface area contributed by atoms with Crippen LogP contribution in [0.15, 0.2) is 27.6 Å². The molecule has 2 rings (SSSR count). The van der Waals surface area contributed by atoms with E-state index in [4.69, 9.17) is 21.9 Å². The number of nitrogens with zero attached hydrogens (tertiary/aromatic N) is 2. The first-order valence-corrected chi connectivity index (χ1v) is 7.98. The summed E-state index contributed by atoms with van der Waals surface area (Å²) in [5.74, 6) is 0.619. The highest BCUT2D eigenvalue weighted by atomic mass is 35.5. The van der Waals surface area contributed by atoms with Crippen LogP contribution in [-0.2, 0) is 16.6 Å². The third-order valence-electron chi connectivity index (χ3n) is 3.07. The van der Waals surface area contributed by atoms with Crippen LogP contribution in [0.25, 0.3) is 0 Å². The van der Waals surface area contributed by atoms with Gasteiger partial charge >= 0.3 is 0 Å². The summed E-state index contributed by atoms with van der Waals surface area (Å²) in [5, 5.41) is 3.92. The van der Waals surface area contributed by atoms with Gasteiger partial charge in [0, 0.05) is 18.8 Å². The number of aryl methyl sites for hydroxylation is 2. The minimum absolute atomic E-state index is 0.0185. The molecule has 0 bridgehead atoms. The van der Waals surface area contributed by atoms with E-state index >= 15 is 0 Å². The quantitative estimate of drug-likeness (QED) is 0.870. The van der Waals surface area contributed by atoms with Crippen LogP contribution in [0.2, 0.25) is 5.02 Å². The van der Waals surface area contributed by atoms with Gasteiger partial charge in [-0.25, -0.2) is 8.42 Å². The van der Waals surface area contributed by atoms with Gasteiger partial charge in [0.15, 0.2) is 0 Å². The summed E-state index contributed by atoms with van der Waals surface area (Å²) in [5.41, 5.74) is 7.40. The van der Waals surface area contributed by atoms with Crippen molar-refractivity contribution in [1.29, 1.82) is 0 Å². The molecule has 1 aromatic heterocycles. The standard InChI is InChI=1S/C13H16ClN3O3S/c1-8-4-11(14)13(6-12(8)15)21(18,19)17(3)7-10-5-9(2)20-16-10/h4-6H,7,15H2,1-3H3. The minimum Gasteiger partial charge on any atom is -0.398 e. The van der Waals surface area contributed by atoms with Gasteiger partial charge in [0.2, 0.25) is 10.0 Å². The summed E-state index contributed by atoms with van der Waals surface area (Å²) in [6.07, 6.45) is 0. The maximum atomic E-state index is 12.6. The first-order valence-electron chi connectivity index (χ1n) is 6.16. The largest absolute Gasteiger partial charge is 0.398 e. The first kappa shape index (κ1) is 15.8. The van der Waals surface area contributed by atoms with Gasteiger partial charge in [-0.3, -0.25) is 0 Å². The van der Waals surface area contributed by atoms with Gasteiger partial charge in [-0.15, -0.1) is 0 Å². The Morgan fingerprint density at radius 2 is 2.00 bits per heavy atom. The molecule has 0 saturated carbocycles. The highest BCUT2D eigenvalue weighted by Gasteiger charge is 2.25. The Labute approximate surface area is 128 Å². The summed E-state index contributed by atoms with van der Waals surface area (Å²) >= 11 is 6.04. The zero-order valence-electron chi connectivity index (χ0n) is 11.9. The van der Waals surface area contributed by atoms with E-state index in [1.807, 2.05) is 0 Å². The van der Waals surface area contributed by atoms with Crippen molar-refractivity contribution in [3.8, 4) is 0 Å². The van der Waals surface area contributed by atoms with Gasteiger partial charge in [0.25, 0.3) is 0 Å². The van der Waals surface area contributed by atoms with E-state index in [2.05, 4.69) is 5.16 Å². The Bertz CT molecular complexity index is 771. The Morgan fingerprint density at radius 3 is 2.57 bits per heavy atom. The Hall–Kier alpha value is -1.57. The SMILES string of the molecule is Cc1cc(CN(C)S(=O)(=O)c2cc(N)c(C)cc2Cl)no1. The van der Waals surface area contributed by atoms with E-state index in [1.54, 1.807) is 19.9 Å². The van der Waals surface area contributed by atoms with E-state index < -0.39 is 10.0 Å². The molecule has 0 amide bonds. The molecule has 0 atom stereocenters. The summed E-state index contributed by atoms with van der Waals surface area (Å²) < 4.78 is 31.2. The molecule has 114 valence electrons. The van der Waals surface area contributed by atoms with Crippen molar-refractivity contribution in [2.75, 3.05) is 12.8 Å². The van der Waals surface area contributed by atoms with Crippen LogP contribution >= 0.6 is 11.6 Å². The molecule has 0 aliphatic heterocycles. The fraction of sp³-hybridized carbons (Fsp3) is 0.308. The van der Waals surface area contributed by atoms with Gasteiger partial charge in [-0.1, -0.05) is 16.8 Å². The van der Waals surface area contributed by atoms with Crippen molar-refractivity contribution >= 4 is 27.3 Å². The second-order valence-electron chi connectivity index (χ2n) is 4.83. The van der Waals surface area contributed by atoms with Crippen molar-refractivity contribution in [2.24, 2.45) is 0 Å². The van der Waals surface area contributed by atoms with Crippen LogP contribution in [-0.4, -0.2) is 24.9 Å². The van der Waals surface area contributed by atoms with Crippen molar-refractivity contribution in [3.05, 3.63) is 40.2 Å². The number of anilines is 1. The lowest BCUT2D eigenvalue weighted by molar-refractivity contribution is 0.378. The molecule has 0 aliphatic carbocycles. The molecular weight excluding hydrogens is 314 g/mol. The maximum absolute atomic E-state index is 12.6. The van der Waals surface area contributed by atoms with E-state index in [0.29, 0.717) is 17.1 Å². The topological polar surface area (TPSA) is 89.4 Å². The molecule has 1 heterocycles. The first-order chi connectivity index (χ1) is 9.71. The van der Waals surface area contributed by atoms with Crippen molar-refractivity contribution in [2.45, 2.75) is 25.3 Å². The molecule has 8 heteroatoms. The Morgan fingerprint density at radius 1 is 1.33 bits per heavy atom. The molecule has 2 N–H and O–H groups in total. The molecule has 0 radical (unpaired) electrons. The number of sulfonamides is 1. The van der Waals surface area contributed by atoms with Crippen LogP contribution in [0.4, 0.5) is 5.69 Å². The predicted octanol–water partition coefficient (Wildman–Crippen LogP) is 2.35. The summed E-state index contributed by atoms with van der Waals surface area (Å²) in [4.78, 5) is -0.0185. The third kappa shape index (κ3) is 3.20. The van der Waals surface area contributed by atoms with Gasteiger partial charge in [0.1, 0.15) is 10.7 Å². The fourth-order valence-electron chi connectivity index (χ4n) is 1.84. The normalized spacial score (nSPS) is 12.0. The third-order valence-corrected chi connectivity index (χ3v) is 5.34. The van der Waals surface area contributed by atoms with Gasteiger partial charge < -0.3 is 10.3 Å².